The third-order valence-corrected chi connectivity index (χ3v) is 3.43. The molecule has 1 aromatic carbocycles. The van der Waals surface area contributed by atoms with Gasteiger partial charge >= 0.3 is 5.97 Å². The lowest BCUT2D eigenvalue weighted by Crippen LogP contribution is -2.18. The molecule has 0 aliphatic carbocycles. The molecule has 0 saturated carbocycles. The quantitative estimate of drug-likeness (QED) is 0.753. The van der Waals surface area contributed by atoms with Crippen molar-refractivity contribution in [1.82, 2.24) is 14.8 Å². The van der Waals surface area contributed by atoms with Crippen LogP contribution in [-0.2, 0) is 4.74 Å². The van der Waals surface area contributed by atoms with Crippen LogP contribution in [0.25, 0.3) is 16.7 Å². The number of ether oxygens (including phenoxy) is 1. The lowest BCUT2D eigenvalue weighted by molar-refractivity contribution is 0.0524. The minimum absolute atomic E-state index is 0.0370. The van der Waals surface area contributed by atoms with E-state index in [4.69, 9.17) is 16.3 Å². The summed E-state index contributed by atoms with van der Waals surface area (Å²) in [7, 11) is 0. The van der Waals surface area contributed by atoms with Crippen LogP contribution in [0.5, 0.6) is 0 Å². The number of H-pyrrole nitrogens is 1. The second-order valence-electron chi connectivity index (χ2n) is 4.55. The molecule has 0 aliphatic rings. The van der Waals surface area contributed by atoms with E-state index in [1.54, 1.807) is 35.9 Å². The first-order valence-corrected chi connectivity index (χ1v) is 7.02. The normalized spacial score (nSPS) is 10.8. The zero-order valence-corrected chi connectivity index (χ0v) is 12.4. The van der Waals surface area contributed by atoms with E-state index in [0.717, 1.165) is 5.69 Å². The van der Waals surface area contributed by atoms with Crippen molar-refractivity contribution in [3.8, 4) is 5.69 Å². The zero-order chi connectivity index (χ0) is 15.7. The average Bonchev–Trinajstić information content (AvgIpc) is 2.93. The Morgan fingerprint density at radius 3 is 2.77 bits per heavy atom. The van der Waals surface area contributed by atoms with Gasteiger partial charge in [0.25, 0.3) is 0 Å². The van der Waals surface area contributed by atoms with Crippen LogP contribution in [0.4, 0.5) is 0 Å². The maximum atomic E-state index is 12.3. The predicted molar refractivity (Wildman–Crippen MR) is 82.7 cm³/mol. The molecule has 0 fully saturated rings. The Labute approximate surface area is 130 Å². The lowest BCUT2D eigenvalue weighted by Gasteiger charge is -2.04. The maximum absolute atomic E-state index is 12.3. The summed E-state index contributed by atoms with van der Waals surface area (Å²) in [5, 5.41) is 5.12. The minimum Gasteiger partial charge on any atom is -0.462 e. The average molecular weight is 318 g/mol. The summed E-state index contributed by atoms with van der Waals surface area (Å²) in [4.78, 5) is 27.0. The molecule has 112 valence electrons. The Bertz CT molecular complexity index is 897. The number of aromatic amines is 1. The number of rotatable bonds is 3. The number of esters is 1. The first kappa shape index (κ1) is 14.3. The second-order valence-corrected chi connectivity index (χ2v) is 4.98. The third-order valence-electron chi connectivity index (χ3n) is 3.18. The summed E-state index contributed by atoms with van der Waals surface area (Å²) in [6.45, 7) is 1.89. The Morgan fingerprint density at radius 1 is 1.36 bits per heavy atom. The van der Waals surface area contributed by atoms with Gasteiger partial charge in [-0.3, -0.25) is 4.79 Å². The van der Waals surface area contributed by atoms with Gasteiger partial charge in [-0.1, -0.05) is 11.6 Å². The van der Waals surface area contributed by atoms with Crippen LogP contribution in [0.1, 0.15) is 17.3 Å². The van der Waals surface area contributed by atoms with Crippen LogP contribution >= 0.6 is 11.6 Å². The van der Waals surface area contributed by atoms with E-state index >= 15 is 0 Å². The lowest BCUT2D eigenvalue weighted by atomic mass is 10.2. The first-order chi connectivity index (χ1) is 10.6. The van der Waals surface area contributed by atoms with Gasteiger partial charge in [0.1, 0.15) is 11.2 Å². The van der Waals surface area contributed by atoms with Gasteiger partial charge in [-0.25, -0.2) is 9.48 Å². The fourth-order valence-corrected chi connectivity index (χ4v) is 2.27. The molecular weight excluding hydrogens is 306 g/mol. The van der Waals surface area contributed by atoms with E-state index in [1.807, 2.05) is 0 Å². The van der Waals surface area contributed by atoms with E-state index in [0.29, 0.717) is 16.1 Å². The number of carbonyl (C=O) groups is 1. The standard InChI is InChI=1S/C15H12ClN3O3/c1-2-22-15(21)12-7-17-14-11(13(12)20)8-18-19(14)10-5-3-9(16)4-6-10/h3-8H,2H2,1H3,(H,17,20). The number of halogens is 1. The predicted octanol–water partition coefficient (Wildman–Crippen LogP) is 2.54. The highest BCUT2D eigenvalue weighted by molar-refractivity contribution is 6.30. The molecule has 22 heavy (non-hydrogen) atoms. The summed E-state index contributed by atoms with van der Waals surface area (Å²) in [5.41, 5.74) is 0.803. The fourth-order valence-electron chi connectivity index (χ4n) is 2.14. The van der Waals surface area contributed by atoms with Crippen molar-refractivity contribution in [2.45, 2.75) is 6.92 Å². The molecule has 7 heteroatoms. The van der Waals surface area contributed by atoms with Gasteiger partial charge < -0.3 is 9.72 Å². The molecule has 0 radical (unpaired) electrons. The molecule has 0 saturated heterocycles. The summed E-state index contributed by atoms with van der Waals surface area (Å²) in [6.07, 6.45) is 2.77. The van der Waals surface area contributed by atoms with Crippen LogP contribution in [0, 0.1) is 0 Å². The molecule has 0 atom stereocenters. The van der Waals surface area contributed by atoms with E-state index in [2.05, 4.69) is 10.1 Å². The fraction of sp³-hybridized carbons (Fsp3) is 0.133. The van der Waals surface area contributed by atoms with Crippen molar-refractivity contribution in [3.63, 3.8) is 0 Å². The van der Waals surface area contributed by atoms with Gasteiger partial charge in [0.15, 0.2) is 0 Å². The number of aromatic nitrogens is 3. The highest BCUT2D eigenvalue weighted by atomic mass is 35.5. The van der Waals surface area contributed by atoms with E-state index in [9.17, 15) is 9.59 Å². The van der Waals surface area contributed by atoms with Gasteiger partial charge in [0.05, 0.1) is 23.9 Å². The molecule has 3 aromatic rings. The van der Waals surface area contributed by atoms with Gasteiger partial charge in [-0.15, -0.1) is 0 Å². The number of hydrogen-bond donors (Lipinski definition) is 1. The number of benzene rings is 1. The molecule has 0 aliphatic heterocycles. The molecule has 3 rings (SSSR count). The highest BCUT2D eigenvalue weighted by Crippen LogP contribution is 2.17. The monoisotopic (exact) mass is 317 g/mol. The highest BCUT2D eigenvalue weighted by Gasteiger charge is 2.16. The van der Waals surface area contributed by atoms with Crippen molar-refractivity contribution in [1.29, 1.82) is 0 Å². The van der Waals surface area contributed by atoms with Gasteiger partial charge in [0, 0.05) is 11.2 Å². The molecule has 2 heterocycles. The zero-order valence-electron chi connectivity index (χ0n) is 11.7. The van der Waals surface area contributed by atoms with Crippen LogP contribution in [0.15, 0.2) is 41.5 Å². The molecular formula is C15H12ClN3O3. The van der Waals surface area contributed by atoms with E-state index in [1.165, 1.54) is 12.4 Å². The Kier molecular flexibility index (Phi) is 3.68. The van der Waals surface area contributed by atoms with Gasteiger partial charge in [0.2, 0.25) is 5.43 Å². The number of carbonyl (C=O) groups excluding carboxylic acids is 1. The van der Waals surface area contributed by atoms with Crippen molar-refractivity contribution in [2.75, 3.05) is 6.61 Å². The number of hydrogen-bond acceptors (Lipinski definition) is 4. The second kappa shape index (κ2) is 5.65. The molecule has 0 spiro atoms. The Hall–Kier alpha value is -2.60. The van der Waals surface area contributed by atoms with E-state index in [-0.39, 0.29) is 12.2 Å². The van der Waals surface area contributed by atoms with Crippen molar-refractivity contribution in [2.24, 2.45) is 0 Å². The summed E-state index contributed by atoms with van der Waals surface area (Å²) in [5.74, 6) is -0.648. The molecule has 2 aromatic heterocycles. The maximum Gasteiger partial charge on any atom is 0.343 e. The molecule has 0 amide bonds. The number of pyridine rings is 1. The third kappa shape index (κ3) is 2.37. The summed E-state index contributed by atoms with van der Waals surface area (Å²) >= 11 is 5.86. The van der Waals surface area contributed by atoms with Crippen molar-refractivity contribution >= 4 is 28.6 Å². The van der Waals surface area contributed by atoms with Gasteiger partial charge in [-0.2, -0.15) is 5.10 Å². The number of nitrogens with one attached hydrogen (secondary N) is 1. The van der Waals surface area contributed by atoms with Crippen molar-refractivity contribution < 1.29 is 9.53 Å². The van der Waals surface area contributed by atoms with Crippen molar-refractivity contribution in [3.05, 3.63) is 57.5 Å². The van der Waals surface area contributed by atoms with E-state index < -0.39 is 11.4 Å². The van der Waals surface area contributed by atoms with Crippen LogP contribution < -0.4 is 5.43 Å². The molecule has 0 unspecified atom stereocenters. The Morgan fingerprint density at radius 2 is 2.09 bits per heavy atom. The molecule has 6 nitrogen and oxygen atoms in total. The van der Waals surface area contributed by atoms with Gasteiger partial charge in [-0.05, 0) is 31.2 Å². The topological polar surface area (TPSA) is 77.0 Å². The SMILES string of the molecule is CCOC(=O)c1c[nH]c2c(cnn2-c2ccc(Cl)cc2)c1=O. The molecule has 1 N–H and O–H groups in total. The van der Waals surface area contributed by atoms with Crippen LogP contribution in [0.3, 0.4) is 0 Å². The summed E-state index contributed by atoms with van der Waals surface area (Å²) < 4.78 is 6.43. The minimum atomic E-state index is -0.648. The number of fused-ring (bicyclic) bond motifs is 1. The summed E-state index contributed by atoms with van der Waals surface area (Å²) in [6, 6.07) is 7.03. The first-order valence-electron chi connectivity index (χ1n) is 6.64. The smallest absolute Gasteiger partial charge is 0.343 e. The largest absolute Gasteiger partial charge is 0.462 e. The molecule has 0 bridgehead atoms. The Balaban J connectivity index is 2.13. The number of nitrogens with zero attached hydrogens (tertiary/aromatic N) is 2. The van der Waals surface area contributed by atoms with Crippen LogP contribution in [0.2, 0.25) is 5.02 Å². The van der Waals surface area contributed by atoms with Crippen LogP contribution in [-0.4, -0.2) is 27.3 Å².